The summed E-state index contributed by atoms with van der Waals surface area (Å²) in [6.07, 6.45) is 2.07. The zero-order valence-corrected chi connectivity index (χ0v) is 7.10. The highest BCUT2D eigenvalue weighted by molar-refractivity contribution is 7.80. The summed E-state index contributed by atoms with van der Waals surface area (Å²) in [4.78, 5) is 10.1. The Morgan fingerprint density at radius 1 is 1.60 bits per heavy atom. The molecule has 0 radical (unpaired) electrons. The third kappa shape index (κ3) is 5.95. The van der Waals surface area contributed by atoms with Gasteiger partial charge >= 0.3 is 5.97 Å². The molecular weight excluding hydrogens is 148 g/mol. The molecule has 0 aliphatic rings. The van der Waals surface area contributed by atoms with Crippen molar-refractivity contribution in [3.63, 3.8) is 0 Å². The highest BCUT2D eigenvalue weighted by Gasteiger charge is 2.03. The van der Waals surface area contributed by atoms with Crippen LogP contribution in [-0.4, -0.2) is 16.8 Å². The van der Waals surface area contributed by atoms with Gasteiger partial charge in [-0.3, -0.25) is 4.79 Å². The average Bonchev–Trinajstić information content (AvgIpc) is 1.85. The van der Waals surface area contributed by atoms with Crippen LogP contribution in [0.3, 0.4) is 0 Å². The van der Waals surface area contributed by atoms with Crippen molar-refractivity contribution in [2.24, 2.45) is 5.92 Å². The van der Waals surface area contributed by atoms with Crippen LogP contribution < -0.4 is 0 Å². The minimum Gasteiger partial charge on any atom is -0.481 e. The van der Waals surface area contributed by atoms with Gasteiger partial charge in [0.1, 0.15) is 0 Å². The van der Waals surface area contributed by atoms with Crippen molar-refractivity contribution in [1.82, 2.24) is 0 Å². The van der Waals surface area contributed by atoms with E-state index in [1.807, 2.05) is 0 Å². The van der Waals surface area contributed by atoms with Crippen molar-refractivity contribution in [3.05, 3.63) is 0 Å². The molecule has 0 aliphatic carbocycles. The van der Waals surface area contributed by atoms with Crippen LogP contribution in [0.1, 0.15) is 26.2 Å². The zero-order valence-electron chi connectivity index (χ0n) is 6.21. The Kier molecular flexibility index (Phi) is 5.49. The van der Waals surface area contributed by atoms with E-state index in [1.165, 1.54) is 0 Å². The van der Waals surface area contributed by atoms with Gasteiger partial charge in [0.15, 0.2) is 0 Å². The molecule has 0 rings (SSSR count). The smallest absolute Gasteiger partial charge is 0.303 e. The molecule has 3 heteroatoms. The van der Waals surface area contributed by atoms with Gasteiger partial charge in [0.25, 0.3) is 0 Å². The summed E-state index contributed by atoms with van der Waals surface area (Å²) in [5.74, 6) is 0.639. The van der Waals surface area contributed by atoms with E-state index in [4.69, 9.17) is 5.11 Å². The van der Waals surface area contributed by atoms with E-state index in [0.717, 1.165) is 18.6 Å². The first-order valence-electron chi connectivity index (χ1n) is 3.49. The Hall–Kier alpha value is -0.180. The molecule has 1 N–H and O–H groups in total. The lowest BCUT2D eigenvalue weighted by atomic mass is 10.0. The molecule has 2 nitrogen and oxygen atoms in total. The Bertz CT molecular complexity index is 104. The van der Waals surface area contributed by atoms with Crippen molar-refractivity contribution < 1.29 is 9.90 Å². The van der Waals surface area contributed by atoms with Gasteiger partial charge in [-0.25, -0.2) is 0 Å². The van der Waals surface area contributed by atoms with E-state index in [-0.39, 0.29) is 6.42 Å². The first kappa shape index (κ1) is 9.82. The fraction of sp³-hybridized carbons (Fsp3) is 0.857. The maximum absolute atomic E-state index is 10.1. The standard InChI is InChI=1S/C7H14O2S/c1-6(4-5-10)2-3-7(8)9/h6,10H,2-5H2,1H3,(H,8,9)/t6-/m1/s1. The van der Waals surface area contributed by atoms with Gasteiger partial charge in [-0.05, 0) is 24.5 Å². The van der Waals surface area contributed by atoms with Gasteiger partial charge in [0.2, 0.25) is 0 Å². The largest absolute Gasteiger partial charge is 0.481 e. The molecule has 0 unspecified atom stereocenters. The first-order chi connectivity index (χ1) is 4.66. The lowest BCUT2D eigenvalue weighted by molar-refractivity contribution is -0.137. The van der Waals surface area contributed by atoms with Crippen LogP contribution in [0.5, 0.6) is 0 Å². The summed E-state index contributed by atoms with van der Waals surface area (Å²) >= 11 is 4.06. The van der Waals surface area contributed by atoms with Gasteiger partial charge < -0.3 is 5.11 Å². The first-order valence-corrected chi connectivity index (χ1v) is 4.12. The molecule has 0 amide bonds. The molecule has 60 valence electrons. The van der Waals surface area contributed by atoms with E-state index >= 15 is 0 Å². The molecule has 0 bridgehead atoms. The van der Waals surface area contributed by atoms with Gasteiger partial charge in [0.05, 0.1) is 0 Å². The predicted octanol–water partition coefficient (Wildman–Crippen LogP) is 1.81. The van der Waals surface area contributed by atoms with E-state index in [1.54, 1.807) is 0 Å². The molecule has 0 saturated carbocycles. The van der Waals surface area contributed by atoms with E-state index < -0.39 is 5.97 Å². The van der Waals surface area contributed by atoms with Crippen LogP contribution in [0.4, 0.5) is 0 Å². The number of hydrogen-bond donors (Lipinski definition) is 2. The van der Waals surface area contributed by atoms with Crippen LogP contribution in [0.25, 0.3) is 0 Å². The normalized spacial score (nSPS) is 13.0. The summed E-state index contributed by atoms with van der Waals surface area (Å²) < 4.78 is 0. The molecular formula is C7H14O2S. The van der Waals surface area contributed by atoms with Crippen molar-refractivity contribution in [3.8, 4) is 0 Å². The van der Waals surface area contributed by atoms with Gasteiger partial charge in [0, 0.05) is 6.42 Å². The van der Waals surface area contributed by atoms with Crippen molar-refractivity contribution in [2.45, 2.75) is 26.2 Å². The summed E-state index contributed by atoms with van der Waals surface area (Å²) in [6.45, 7) is 2.05. The second-order valence-electron chi connectivity index (χ2n) is 2.55. The van der Waals surface area contributed by atoms with E-state index in [9.17, 15) is 4.79 Å². The van der Waals surface area contributed by atoms with Crippen LogP contribution >= 0.6 is 12.6 Å². The number of carbonyl (C=O) groups is 1. The summed E-state index contributed by atoms with van der Waals surface area (Å²) in [5, 5.41) is 8.31. The van der Waals surface area contributed by atoms with Crippen LogP contribution in [-0.2, 0) is 4.79 Å². The minimum absolute atomic E-state index is 0.287. The monoisotopic (exact) mass is 162 g/mol. The van der Waals surface area contributed by atoms with Crippen molar-refractivity contribution in [2.75, 3.05) is 5.75 Å². The lowest BCUT2D eigenvalue weighted by Gasteiger charge is -2.05. The summed E-state index contributed by atoms with van der Waals surface area (Å²) in [7, 11) is 0. The minimum atomic E-state index is -0.703. The second-order valence-corrected chi connectivity index (χ2v) is 3.00. The molecule has 0 aliphatic heterocycles. The molecule has 0 heterocycles. The van der Waals surface area contributed by atoms with Crippen molar-refractivity contribution >= 4 is 18.6 Å². The zero-order chi connectivity index (χ0) is 7.98. The number of carboxylic acids is 1. The van der Waals surface area contributed by atoms with E-state index in [2.05, 4.69) is 19.6 Å². The van der Waals surface area contributed by atoms with Gasteiger partial charge in [-0.2, -0.15) is 12.6 Å². The Labute approximate surface area is 67.0 Å². The van der Waals surface area contributed by atoms with Crippen LogP contribution in [0, 0.1) is 5.92 Å². The molecule has 0 aromatic carbocycles. The predicted molar refractivity (Wildman–Crippen MR) is 44.5 cm³/mol. The molecule has 0 saturated heterocycles. The SMILES string of the molecule is C[C@@H](CCS)CCC(=O)O. The highest BCUT2D eigenvalue weighted by atomic mass is 32.1. The maximum Gasteiger partial charge on any atom is 0.303 e. The molecule has 10 heavy (non-hydrogen) atoms. The lowest BCUT2D eigenvalue weighted by Crippen LogP contribution is -2.01. The third-order valence-corrected chi connectivity index (χ3v) is 1.73. The number of rotatable bonds is 5. The summed E-state index contributed by atoms with van der Waals surface area (Å²) in [5.41, 5.74) is 0. The quantitative estimate of drug-likeness (QED) is 0.605. The number of hydrogen-bond acceptors (Lipinski definition) is 2. The Morgan fingerprint density at radius 3 is 2.60 bits per heavy atom. The fourth-order valence-corrected chi connectivity index (χ4v) is 1.18. The number of carboxylic acid groups (broad SMARTS) is 1. The van der Waals surface area contributed by atoms with Crippen LogP contribution in [0.2, 0.25) is 0 Å². The second kappa shape index (κ2) is 5.59. The molecule has 0 spiro atoms. The van der Waals surface area contributed by atoms with Gasteiger partial charge in [-0.1, -0.05) is 6.92 Å². The van der Waals surface area contributed by atoms with Crippen molar-refractivity contribution in [1.29, 1.82) is 0 Å². The number of aliphatic carboxylic acids is 1. The highest BCUT2D eigenvalue weighted by Crippen LogP contribution is 2.10. The molecule has 0 aromatic heterocycles. The Morgan fingerprint density at radius 2 is 2.20 bits per heavy atom. The average molecular weight is 162 g/mol. The summed E-state index contributed by atoms with van der Waals surface area (Å²) in [6, 6.07) is 0. The third-order valence-electron chi connectivity index (χ3n) is 1.47. The number of thiol groups is 1. The molecule has 0 fully saturated rings. The Balaban J connectivity index is 3.21. The van der Waals surface area contributed by atoms with Gasteiger partial charge in [-0.15, -0.1) is 0 Å². The van der Waals surface area contributed by atoms with E-state index in [0.29, 0.717) is 5.92 Å². The maximum atomic E-state index is 10.1. The topological polar surface area (TPSA) is 37.3 Å². The molecule has 1 atom stereocenters. The van der Waals surface area contributed by atoms with Crippen LogP contribution in [0.15, 0.2) is 0 Å². The molecule has 0 aromatic rings. The fourth-order valence-electron chi connectivity index (χ4n) is 0.735.